The van der Waals surface area contributed by atoms with Crippen molar-refractivity contribution in [2.24, 2.45) is 5.92 Å². The Balaban J connectivity index is 1.69. The molecule has 184 valence electrons. The second-order valence-electron chi connectivity index (χ2n) is 11.0. The van der Waals surface area contributed by atoms with E-state index in [0.29, 0.717) is 31.8 Å². The molecule has 0 aromatic carbocycles. The van der Waals surface area contributed by atoms with Gasteiger partial charge in [-0.25, -0.2) is 0 Å². The predicted molar refractivity (Wildman–Crippen MR) is 127 cm³/mol. The third-order valence-corrected chi connectivity index (χ3v) is 6.83. The number of rotatable bonds is 5. The zero-order valence-corrected chi connectivity index (χ0v) is 20.4. The van der Waals surface area contributed by atoms with E-state index in [4.69, 9.17) is 9.47 Å². The fraction of sp³-hybridized carbons (Fsp3) is 0.640. The number of hydrogen-bond donors (Lipinski definition) is 2. The lowest BCUT2D eigenvalue weighted by Gasteiger charge is -2.40. The average molecular weight is 471 g/mol. The molecule has 1 aliphatic carbocycles. The molecule has 9 heteroatoms. The number of fused-ring (bicyclic) bond motifs is 1. The van der Waals surface area contributed by atoms with E-state index in [1.165, 1.54) is 4.52 Å². The molecule has 4 heterocycles. The van der Waals surface area contributed by atoms with E-state index in [0.717, 1.165) is 36.8 Å². The van der Waals surface area contributed by atoms with E-state index >= 15 is 0 Å². The van der Waals surface area contributed by atoms with E-state index in [1.54, 1.807) is 10.8 Å². The number of hydrogen-bond acceptors (Lipinski definition) is 6. The third-order valence-electron chi connectivity index (χ3n) is 6.83. The van der Waals surface area contributed by atoms with Gasteiger partial charge in [0, 0.05) is 37.8 Å². The van der Waals surface area contributed by atoms with Gasteiger partial charge in [0.25, 0.3) is 11.5 Å². The summed E-state index contributed by atoms with van der Waals surface area (Å²) in [7, 11) is 0. The summed E-state index contributed by atoms with van der Waals surface area (Å²) in [6.07, 6.45) is 7.82. The van der Waals surface area contributed by atoms with Gasteiger partial charge in [-0.1, -0.05) is 0 Å². The number of aromatic nitrogens is 3. The van der Waals surface area contributed by atoms with Gasteiger partial charge in [0.05, 0.1) is 17.4 Å². The fourth-order valence-electron chi connectivity index (χ4n) is 5.34. The molecule has 2 aromatic rings. The Labute approximate surface area is 198 Å². The van der Waals surface area contributed by atoms with Crippen LogP contribution in [0.1, 0.15) is 75.7 Å². The number of amides is 1. The maximum atomic E-state index is 13.7. The number of ether oxygens (including phenoxy) is 2. The van der Waals surface area contributed by atoms with Crippen LogP contribution in [0.25, 0.3) is 11.2 Å². The molecular weight excluding hydrogens is 436 g/mol. The lowest BCUT2D eigenvalue weighted by molar-refractivity contribution is -0.100. The zero-order chi connectivity index (χ0) is 24.3. The normalized spacial score (nSPS) is 22.5. The molecule has 1 saturated heterocycles. The minimum absolute atomic E-state index is 0.0657. The standard InChI is InChI=1S/C25H34N4O5/c1-24(2)11-16(12-25(3,4)34-24)18-13-26-29-21(18)28(14-15-7-9-33-10-8-15)22(31)19(23(29)32)20(30)27-17-5-6-17/h11,13,15,17,32H,5-10,12,14H2,1-4H3,(H,27,30). The van der Waals surface area contributed by atoms with E-state index < -0.39 is 28.5 Å². The van der Waals surface area contributed by atoms with E-state index in [9.17, 15) is 14.7 Å². The summed E-state index contributed by atoms with van der Waals surface area (Å²) in [6.45, 7) is 9.84. The van der Waals surface area contributed by atoms with Crippen LogP contribution in [0.3, 0.4) is 0 Å². The quantitative estimate of drug-likeness (QED) is 0.696. The second-order valence-corrected chi connectivity index (χ2v) is 11.0. The molecule has 0 spiro atoms. The van der Waals surface area contributed by atoms with Crippen LogP contribution in [0.4, 0.5) is 0 Å². The third kappa shape index (κ3) is 4.38. The smallest absolute Gasteiger partial charge is 0.270 e. The van der Waals surface area contributed by atoms with Crippen molar-refractivity contribution in [2.45, 2.75) is 83.6 Å². The monoisotopic (exact) mass is 470 g/mol. The SMILES string of the molecule is CC1(C)C=C(c2cnn3c(O)c(C(=O)NC4CC4)c(=O)n(CC4CCOCC4)c23)CC(C)(C)O1. The van der Waals surface area contributed by atoms with Crippen LogP contribution < -0.4 is 10.9 Å². The highest BCUT2D eigenvalue weighted by molar-refractivity contribution is 5.97. The molecule has 0 radical (unpaired) electrons. The molecule has 5 rings (SSSR count). The maximum absolute atomic E-state index is 13.7. The van der Waals surface area contributed by atoms with E-state index in [-0.39, 0.29) is 17.5 Å². The van der Waals surface area contributed by atoms with Gasteiger partial charge in [-0.3, -0.25) is 14.2 Å². The van der Waals surface area contributed by atoms with Crippen molar-refractivity contribution >= 4 is 17.1 Å². The maximum Gasteiger partial charge on any atom is 0.270 e. The van der Waals surface area contributed by atoms with Crippen LogP contribution in [0.15, 0.2) is 17.1 Å². The summed E-state index contributed by atoms with van der Waals surface area (Å²) in [5.41, 5.74) is 0.661. The molecule has 0 atom stereocenters. The zero-order valence-electron chi connectivity index (χ0n) is 20.4. The Morgan fingerprint density at radius 2 is 1.91 bits per heavy atom. The highest BCUT2D eigenvalue weighted by Gasteiger charge is 2.36. The number of aromatic hydroxyl groups is 1. The van der Waals surface area contributed by atoms with Crippen molar-refractivity contribution < 1.29 is 19.4 Å². The summed E-state index contributed by atoms with van der Waals surface area (Å²) in [6, 6.07) is 0.0657. The van der Waals surface area contributed by atoms with Crippen molar-refractivity contribution in [2.75, 3.05) is 13.2 Å². The van der Waals surface area contributed by atoms with Gasteiger partial charge in [0.15, 0.2) is 5.56 Å². The average Bonchev–Trinajstić information content (AvgIpc) is 3.43. The topological polar surface area (TPSA) is 107 Å². The molecule has 0 unspecified atom stereocenters. The van der Waals surface area contributed by atoms with Crippen LogP contribution in [0.2, 0.25) is 0 Å². The molecule has 2 N–H and O–H groups in total. The van der Waals surface area contributed by atoms with Gasteiger partial charge < -0.3 is 19.9 Å². The van der Waals surface area contributed by atoms with Crippen LogP contribution in [0, 0.1) is 5.92 Å². The molecular formula is C25H34N4O5. The van der Waals surface area contributed by atoms with Gasteiger partial charge in [0.1, 0.15) is 5.65 Å². The second kappa shape index (κ2) is 8.23. The van der Waals surface area contributed by atoms with Crippen LogP contribution >= 0.6 is 0 Å². The Hall–Kier alpha value is -2.65. The molecule has 34 heavy (non-hydrogen) atoms. The van der Waals surface area contributed by atoms with Gasteiger partial charge in [-0.15, -0.1) is 0 Å². The lowest BCUT2D eigenvalue weighted by Crippen LogP contribution is -2.40. The Kier molecular flexibility index (Phi) is 5.60. The molecule has 3 aliphatic rings. The van der Waals surface area contributed by atoms with Gasteiger partial charge >= 0.3 is 0 Å². The predicted octanol–water partition coefficient (Wildman–Crippen LogP) is 2.88. The van der Waals surface area contributed by atoms with Crippen molar-refractivity contribution in [1.82, 2.24) is 19.5 Å². The number of carbonyl (C=O) groups excluding carboxylic acids is 1. The van der Waals surface area contributed by atoms with Crippen molar-refractivity contribution in [3.63, 3.8) is 0 Å². The number of nitrogens with zero attached hydrogens (tertiary/aromatic N) is 3. The van der Waals surface area contributed by atoms with Crippen LogP contribution in [-0.4, -0.2) is 55.7 Å². The van der Waals surface area contributed by atoms with Crippen molar-refractivity contribution in [3.8, 4) is 5.88 Å². The van der Waals surface area contributed by atoms with Crippen LogP contribution in [0.5, 0.6) is 5.88 Å². The minimum Gasteiger partial charge on any atom is -0.492 e. The Morgan fingerprint density at radius 3 is 2.56 bits per heavy atom. The van der Waals surface area contributed by atoms with Gasteiger partial charge in [-0.2, -0.15) is 9.61 Å². The largest absolute Gasteiger partial charge is 0.492 e. The highest BCUT2D eigenvalue weighted by atomic mass is 16.5. The Bertz CT molecular complexity index is 1210. The van der Waals surface area contributed by atoms with E-state index in [1.807, 2.05) is 27.7 Å². The van der Waals surface area contributed by atoms with E-state index in [2.05, 4.69) is 16.5 Å². The van der Waals surface area contributed by atoms with Crippen LogP contribution in [-0.2, 0) is 16.0 Å². The molecule has 2 aliphatic heterocycles. The molecule has 1 saturated carbocycles. The summed E-state index contributed by atoms with van der Waals surface area (Å²) < 4.78 is 14.7. The first kappa shape index (κ1) is 23.1. The highest BCUT2D eigenvalue weighted by Crippen LogP contribution is 2.40. The van der Waals surface area contributed by atoms with Crippen molar-refractivity contribution in [1.29, 1.82) is 0 Å². The van der Waals surface area contributed by atoms with Crippen molar-refractivity contribution in [3.05, 3.63) is 33.8 Å². The summed E-state index contributed by atoms with van der Waals surface area (Å²) in [4.78, 5) is 26.7. The summed E-state index contributed by atoms with van der Waals surface area (Å²) in [5.74, 6) is -0.727. The fourth-order valence-corrected chi connectivity index (χ4v) is 5.34. The molecule has 9 nitrogen and oxygen atoms in total. The molecule has 0 bridgehead atoms. The molecule has 1 amide bonds. The molecule has 2 aromatic heterocycles. The van der Waals surface area contributed by atoms with Gasteiger partial charge in [0.2, 0.25) is 5.88 Å². The Morgan fingerprint density at radius 1 is 1.21 bits per heavy atom. The minimum atomic E-state index is -0.544. The summed E-state index contributed by atoms with van der Waals surface area (Å²) >= 11 is 0. The first-order valence-corrected chi connectivity index (χ1v) is 12.2. The first-order chi connectivity index (χ1) is 16.0. The number of carbonyl (C=O) groups is 1. The summed E-state index contributed by atoms with van der Waals surface area (Å²) in [5, 5.41) is 18.3. The van der Waals surface area contributed by atoms with Gasteiger partial charge in [-0.05, 0) is 70.9 Å². The molecule has 2 fully saturated rings. The lowest BCUT2D eigenvalue weighted by atomic mass is 9.86. The first-order valence-electron chi connectivity index (χ1n) is 12.2. The number of nitrogens with one attached hydrogen (secondary N) is 1.